The minimum absolute atomic E-state index is 0.450. The van der Waals surface area contributed by atoms with Crippen molar-refractivity contribution in [2.45, 2.75) is 20.1 Å². The lowest BCUT2D eigenvalue weighted by atomic mass is 10.1. The minimum atomic E-state index is 0.450. The average molecular weight is 341 g/mol. The van der Waals surface area contributed by atoms with Crippen LogP contribution in [0.4, 0.5) is 0 Å². The van der Waals surface area contributed by atoms with Crippen molar-refractivity contribution in [1.82, 2.24) is 0 Å². The van der Waals surface area contributed by atoms with Gasteiger partial charge in [-0.25, -0.2) is 0 Å². The van der Waals surface area contributed by atoms with Crippen LogP contribution in [0, 0.1) is 6.92 Å². The molecule has 0 radical (unpaired) electrons. The Kier molecular flexibility index (Phi) is 4.86. The zero-order chi connectivity index (χ0) is 13.8. The Morgan fingerprint density at radius 3 is 2.74 bits per heavy atom. The first-order chi connectivity index (χ1) is 9.10. The Hall–Kier alpha value is -1.03. The fraction of sp³-hybridized carbons (Fsp3) is 0.200. The van der Waals surface area contributed by atoms with Crippen LogP contribution < -0.4 is 10.5 Å². The van der Waals surface area contributed by atoms with Crippen LogP contribution in [0.2, 0.25) is 5.02 Å². The first kappa shape index (κ1) is 14.4. The second kappa shape index (κ2) is 6.42. The summed E-state index contributed by atoms with van der Waals surface area (Å²) in [5.74, 6) is 0.852. The van der Waals surface area contributed by atoms with E-state index in [0.717, 1.165) is 26.9 Å². The molecule has 0 aliphatic carbocycles. The molecule has 2 aromatic carbocycles. The molecule has 0 saturated heterocycles. The van der Waals surface area contributed by atoms with Crippen LogP contribution in [0.25, 0.3) is 0 Å². The lowest BCUT2D eigenvalue weighted by molar-refractivity contribution is 0.301. The second-order valence-corrected chi connectivity index (χ2v) is 5.69. The van der Waals surface area contributed by atoms with E-state index in [1.165, 1.54) is 0 Å². The molecule has 0 amide bonds. The number of nitrogens with two attached hydrogens (primary N) is 1. The van der Waals surface area contributed by atoms with Gasteiger partial charge in [0.15, 0.2) is 0 Å². The van der Waals surface area contributed by atoms with Gasteiger partial charge < -0.3 is 10.5 Å². The van der Waals surface area contributed by atoms with Gasteiger partial charge in [0.1, 0.15) is 12.4 Å². The molecule has 4 heteroatoms. The van der Waals surface area contributed by atoms with E-state index in [-0.39, 0.29) is 0 Å². The van der Waals surface area contributed by atoms with Gasteiger partial charge in [-0.3, -0.25) is 0 Å². The summed E-state index contributed by atoms with van der Waals surface area (Å²) in [5.41, 5.74) is 8.86. The zero-order valence-corrected chi connectivity index (χ0v) is 13.0. The molecule has 0 unspecified atom stereocenters. The van der Waals surface area contributed by atoms with Gasteiger partial charge >= 0.3 is 0 Å². The van der Waals surface area contributed by atoms with Crippen LogP contribution in [0.3, 0.4) is 0 Å². The highest BCUT2D eigenvalue weighted by atomic mass is 79.9. The highest BCUT2D eigenvalue weighted by Gasteiger charge is 2.08. The Morgan fingerprint density at radius 1 is 1.26 bits per heavy atom. The van der Waals surface area contributed by atoms with Gasteiger partial charge in [0.05, 0.1) is 0 Å². The van der Waals surface area contributed by atoms with Crippen LogP contribution >= 0.6 is 27.5 Å². The molecule has 0 aromatic heterocycles. The summed E-state index contributed by atoms with van der Waals surface area (Å²) in [6, 6.07) is 11.7. The largest absolute Gasteiger partial charge is 0.488 e. The molecule has 2 aromatic rings. The fourth-order valence-corrected chi connectivity index (χ4v) is 2.77. The van der Waals surface area contributed by atoms with Crippen molar-refractivity contribution >= 4 is 27.5 Å². The topological polar surface area (TPSA) is 35.2 Å². The number of benzene rings is 2. The molecular formula is C15H15BrClNO. The van der Waals surface area contributed by atoms with Crippen LogP contribution in [0.1, 0.15) is 16.7 Å². The Morgan fingerprint density at radius 2 is 2.05 bits per heavy atom. The van der Waals surface area contributed by atoms with Crippen LogP contribution in [-0.4, -0.2) is 0 Å². The molecule has 0 saturated carbocycles. The Balaban J connectivity index is 2.19. The van der Waals surface area contributed by atoms with E-state index in [0.29, 0.717) is 18.2 Å². The molecule has 100 valence electrons. The van der Waals surface area contributed by atoms with E-state index in [4.69, 9.17) is 22.1 Å². The lowest BCUT2D eigenvalue weighted by Crippen LogP contribution is -2.04. The molecule has 0 atom stereocenters. The molecule has 2 N–H and O–H groups in total. The summed E-state index contributed by atoms with van der Waals surface area (Å²) in [5, 5.41) is 0.715. The summed E-state index contributed by atoms with van der Waals surface area (Å²) in [6.07, 6.45) is 0. The van der Waals surface area contributed by atoms with E-state index in [9.17, 15) is 0 Å². The van der Waals surface area contributed by atoms with Crippen molar-refractivity contribution in [3.63, 3.8) is 0 Å². The molecular weight excluding hydrogens is 326 g/mol. The van der Waals surface area contributed by atoms with Crippen molar-refractivity contribution < 1.29 is 4.74 Å². The maximum atomic E-state index is 5.96. The third-order valence-corrected chi connectivity index (χ3v) is 3.50. The standard InChI is InChI=1S/C15H15BrClNO/c1-10-5-13(16)7-12(8-18)15(10)19-9-11-3-2-4-14(17)6-11/h2-7H,8-9,18H2,1H3. The van der Waals surface area contributed by atoms with Crippen molar-refractivity contribution in [2.75, 3.05) is 0 Å². The molecule has 0 bridgehead atoms. The predicted octanol–water partition coefficient (Wildman–Crippen LogP) is 4.45. The number of ether oxygens (including phenoxy) is 1. The van der Waals surface area contributed by atoms with Crippen molar-refractivity contribution in [2.24, 2.45) is 5.73 Å². The Bertz CT molecular complexity index is 586. The number of hydrogen-bond donors (Lipinski definition) is 1. The molecule has 0 heterocycles. The molecule has 0 aliphatic heterocycles. The summed E-state index contributed by atoms with van der Waals surface area (Å²) in [6.45, 7) is 2.94. The highest BCUT2D eigenvalue weighted by molar-refractivity contribution is 9.10. The second-order valence-electron chi connectivity index (χ2n) is 4.33. The molecule has 2 rings (SSSR count). The Labute approximate surface area is 126 Å². The minimum Gasteiger partial charge on any atom is -0.488 e. The van der Waals surface area contributed by atoms with E-state index in [1.54, 1.807) is 0 Å². The zero-order valence-electron chi connectivity index (χ0n) is 10.6. The third kappa shape index (κ3) is 3.72. The van der Waals surface area contributed by atoms with Crippen molar-refractivity contribution in [3.8, 4) is 5.75 Å². The number of rotatable bonds is 4. The molecule has 2 nitrogen and oxygen atoms in total. The maximum Gasteiger partial charge on any atom is 0.127 e. The fourth-order valence-electron chi connectivity index (χ4n) is 1.94. The quantitative estimate of drug-likeness (QED) is 0.892. The molecule has 0 fully saturated rings. The van der Waals surface area contributed by atoms with Gasteiger partial charge in [0.25, 0.3) is 0 Å². The monoisotopic (exact) mass is 339 g/mol. The molecule has 0 aliphatic rings. The predicted molar refractivity (Wildman–Crippen MR) is 82.6 cm³/mol. The van der Waals surface area contributed by atoms with Crippen LogP contribution in [-0.2, 0) is 13.2 Å². The maximum absolute atomic E-state index is 5.96. The number of hydrogen-bond acceptors (Lipinski definition) is 2. The van der Waals surface area contributed by atoms with Gasteiger partial charge in [-0.2, -0.15) is 0 Å². The van der Waals surface area contributed by atoms with E-state index < -0.39 is 0 Å². The summed E-state index contributed by atoms with van der Waals surface area (Å²) < 4.78 is 6.91. The lowest BCUT2D eigenvalue weighted by Gasteiger charge is -2.14. The summed E-state index contributed by atoms with van der Waals surface area (Å²) >= 11 is 9.42. The SMILES string of the molecule is Cc1cc(Br)cc(CN)c1OCc1cccc(Cl)c1. The van der Waals surface area contributed by atoms with E-state index >= 15 is 0 Å². The van der Waals surface area contributed by atoms with E-state index in [2.05, 4.69) is 15.9 Å². The van der Waals surface area contributed by atoms with Gasteiger partial charge in [0.2, 0.25) is 0 Å². The van der Waals surface area contributed by atoms with Crippen molar-refractivity contribution in [1.29, 1.82) is 0 Å². The number of halogens is 2. The molecule has 19 heavy (non-hydrogen) atoms. The summed E-state index contributed by atoms with van der Waals surface area (Å²) in [4.78, 5) is 0. The van der Waals surface area contributed by atoms with Gasteiger partial charge in [-0.05, 0) is 42.3 Å². The number of aryl methyl sites for hydroxylation is 1. The van der Waals surface area contributed by atoms with Crippen LogP contribution in [0.15, 0.2) is 40.9 Å². The van der Waals surface area contributed by atoms with Crippen LogP contribution in [0.5, 0.6) is 5.75 Å². The molecule has 0 spiro atoms. The van der Waals surface area contributed by atoms with Gasteiger partial charge in [0, 0.05) is 21.6 Å². The van der Waals surface area contributed by atoms with E-state index in [1.807, 2.05) is 43.3 Å². The summed E-state index contributed by atoms with van der Waals surface area (Å²) in [7, 11) is 0. The third-order valence-electron chi connectivity index (χ3n) is 2.81. The van der Waals surface area contributed by atoms with Crippen molar-refractivity contribution in [3.05, 3.63) is 62.6 Å². The average Bonchev–Trinajstić information content (AvgIpc) is 2.37. The smallest absolute Gasteiger partial charge is 0.127 e. The first-order valence-electron chi connectivity index (χ1n) is 5.96. The highest BCUT2D eigenvalue weighted by Crippen LogP contribution is 2.28. The normalized spacial score (nSPS) is 10.5. The van der Waals surface area contributed by atoms with Gasteiger partial charge in [-0.1, -0.05) is 39.7 Å². The van der Waals surface area contributed by atoms with Gasteiger partial charge in [-0.15, -0.1) is 0 Å². The first-order valence-corrected chi connectivity index (χ1v) is 7.13.